The molecule has 0 aliphatic carbocycles. The van der Waals surface area contributed by atoms with Crippen LogP contribution in [0.1, 0.15) is 18.2 Å². The largest absolute Gasteiger partial charge is 0.265 e. The lowest BCUT2D eigenvalue weighted by Crippen LogP contribution is -1.99. The molecule has 132 valence electrons. The number of hydrogen-bond donors (Lipinski definition) is 1. The molecule has 0 saturated heterocycles. The molecule has 0 spiro atoms. The Hall–Kier alpha value is -2.35. The molecule has 0 bridgehead atoms. The highest BCUT2D eigenvalue weighted by molar-refractivity contribution is 7.19. The highest BCUT2D eigenvalue weighted by Crippen LogP contribution is 2.34. The molecule has 1 N–H and O–H groups in total. The van der Waals surface area contributed by atoms with Crippen LogP contribution >= 0.6 is 34.5 Å². The third kappa shape index (κ3) is 4.63. The van der Waals surface area contributed by atoms with Crippen molar-refractivity contribution in [1.29, 1.82) is 0 Å². The van der Waals surface area contributed by atoms with Gasteiger partial charge in [0, 0.05) is 23.0 Å². The van der Waals surface area contributed by atoms with Crippen LogP contribution in [0.2, 0.25) is 10.0 Å². The summed E-state index contributed by atoms with van der Waals surface area (Å²) in [6.45, 7) is 3.77. The Balaban J connectivity index is 1.74. The first-order chi connectivity index (χ1) is 12.5. The van der Waals surface area contributed by atoms with Gasteiger partial charge in [-0.25, -0.2) is 4.98 Å². The highest BCUT2D eigenvalue weighted by Gasteiger charge is 2.07. The molecule has 0 radical (unpaired) electrons. The van der Waals surface area contributed by atoms with E-state index in [0.717, 1.165) is 17.0 Å². The summed E-state index contributed by atoms with van der Waals surface area (Å²) in [5, 5.41) is 15.0. The number of aryl methyl sites for hydroxylation is 1. The molecular weight excluding hydrogens is 391 g/mol. The van der Waals surface area contributed by atoms with Crippen LogP contribution in [0.3, 0.4) is 0 Å². The average Bonchev–Trinajstić information content (AvgIpc) is 2.99. The maximum atomic E-state index is 6.10. The number of anilines is 1. The second kappa shape index (κ2) is 8.35. The normalized spacial score (nSPS) is 11.9. The highest BCUT2D eigenvalue weighted by atomic mass is 35.5. The van der Waals surface area contributed by atoms with Gasteiger partial charge in [0.15, 0.2) is 5.00 Å². The Morgan fingerprint density at radius 1 is 1.12 bits per heavy atom. The number of thiazole rings is 1. The van der Waals surface area contributed by atoms with Crippen LogP contribution in [0.4, 0.5) is 15.8 Å². The minimum absolute atomic E-state index is 0.444. The molecule has 3 aromatic rings. The van der Waals surface area contributed by atoms with E-state index in [1.165, 1.54) is 11.3 Å². The van der Waals surface area contributed by atoms with Gasteiger partial charge in [-0.1, -0.05) is 34.5 Å². The van der Waals surface area contributed by atoms with Gasteiger partial charge in [0.2, 0.25) is 5.13 Å². The fourth-order valence-electron chi connectivity index (χ4n) is 1.98. The van der Waals surface area contributed by atoms with Gasteiger partial charge in [0.25, 0.3) is 0 Å². The van der Waals surface area contributed by atoms with Crippen LogP contribution in [-0.2, 0) is 0 Å². The topological polar surface area (TPSA) is 74.9 Å². The first-order valence-corrected chi connectivity index (χ1v) is 9.15. The van der Waals surface area contributed by atoms with Crippen LogP contribution < -0.4 is 5.43 Å². The van der Waals surface area contributed by atoms with Crippen LogP contribution in [0, 0.1) is 6.92 Å². The number of rotatable bonds is 5. The molecule has 2 aromatic heterocycles. The zero-order valence-electron chi connectivity index (χ0n) is 13.9. The van der Waals surface area contributed by atoms with E-state index in [0.29, 0.717) is 25.9 Å². The molecular formula is C17H14Cl2N6S. The Kier molecular flexibility index (Phi) is 5.92. The SMILES string of the molecule is C/C(=N\Nc1nc(C)c(N=Nc2ccc(Cl)cc2Cl)s1)c1ccncc1. The molecule has 0 atom stereocenters. The molecule has 0 fully saturated rings. The second-order valence-electron chi connectivity index (χ2n) is 5.25. The summed E-state index contributed by atoms with van der Waals surface area (Å²) in [4.78, 5) is 8.40. The molecule has 0 aliphatic rings. The van der Waals surface area contributed by atoms with E-state index in [-0.39, 0.29) is 0 Å². The number of hydrazone groups is 1. The number of pyridine rings is 1. The van der Waals surface area contributed by atoms with Gasteiger partial charge < -0.3 is 0 Å². The van der Waals surface area contributed by atoms with E-state index in [1.54, 1.807) is 30.6 Å². The predicted octanol–water partition coefficient (Wildman–Crippen LogP) is 6.40. The number of benzene rings is 1. The third-order valence-electron chi connectivity index (χ3n) is 3.35. The van der Waals surface area contributed by atoms with E-state index in [9.17, 15) is 0 Å². The van der Waals surface area contributed by atoms with Crippen LogP contribution in [0.25, 0.3) is 0 Å². The number of hydrogen-bond acceptors (Lipinski definition) is 7. The minimum atomic E-state index is 0.444. The van der Waals surface area contributed by atoms with Crippen molar-refractivity contribution in [3.63, 3.8) is 0 Å². The van der Waals surface area contributed by atoms with E-state index in [4.69, 9.17) is 23.2 Å². The van der Waals surface area contributed by atoms with E-state index in [1.807, 2.05) is 26.0 Å². The first kappa shape index (κ1) is 18.4. The third-order valence-corrected chi connectivity index (χ3v) is 4.83. The van der Waals surface area contributed by atoms with Gasteiger partial charge in [0.1, 0.15) is 5.69 Å². The predicted molar refractivity (Wildman–Crippen MR) is 108 cm³/mol. The molecule has 6 nitrogen and oxygen atoms in total. The summed E-state index contributed by atoms with van der Waals surface area (Å²) in [6.07, 6.45) is 3.45. The number of nitrogens with one attached hydrogen (secondary N) is 1. The molecule has 2 heterocycles. The molecule has 0 aliphatic heterocycles. The number of azo groups is 1. The van der Waals surface area contributed by atoms with Crippen molar-refractivity contribution < 1.29 is 0 Å². The van der Waals surface area contributed by atoms with Crippen molar-refractivity contribution in [2.24, 2.45) is 15.3 Å². The molecule has 3 rings (SSSR count). The standard InChI is InChI=1S/C17H14Cl2N6S/c1-10(12-5-7-20-8-6-12)22-25-17-21-11(2)16(26-17)24-23-15-4-3-13(18)9-14(15)19/h3-9H,1-2H3,(H,21,25)/b22-10+,24-23?. The molecule has 0 unspecified atom stereocenters. The quantitative estimate of drug-likeness (QED) is 0.303. The Morgan fingerprint density at radius 3 is 2.62 bits per heavy atom. The van der Waals surface area contributed by atoms with Crippen LogP contribution in [-0.4, -0.2) is 15.7 Å². The zero-order valence-corrected chi connectivity index (χ0v) is 16.3. The minimum Gasteiger partial charge on any atom is -0.265 e. The van der Waals surface area contributed by atoms with Crippen molar-refractivity contribution in [3.05, 3.63) is 64.0 Å². The van der Waals surface area contributed by atoms with Crippen molar-refractivity contribution >= 4 is 56.1 Å². The molecule has 0 saturated carbocycles. The smallest absolute Gasteiger partial charge is 0.205 e. The maximum Gasteiger partial charge on any atom is 0.205 e. The van der Waals surface area contributed by atoms with Crippen molar-refractivity contribution in [2.75, 3.05) is 5.43 Å². The van der Waals surface area contributed by atoms with Gasteiger partial charge in [-0.3, -0.25) is 10.4 Å². The van der Waals surface area contributed by atoms with Gasteiger partial charge in [0.05, 0.1) is 16.4 Å². The summed E-state index contributed by atoms with van der Waals surface area (Å²) >= 11 is 13.3. The van der Waals surface area contributed by atoms with Gasteiger partial charge >= 0.3 is 0 Å². The summed E-state index contributed by atoms with van der Waals surface area (Å²) in [6, 6.07) is 8.84. The van der Waals surface area contributed by atoms with E-state index in [2.05, 4.69) is 30.7 Å². The summed E-state index contributed by atoms with van der Waals surface area (Å²) in [7, 11) is 0. The second-order valence-corrected chi connectivity index (χ2v) is 7.07. The summed E-state index contributed by atoms with van der Waals surface area (Å²) < 4.78 is 0. The van der Waals surface area contributed by atoms with Gasteiger partial charge in [-0.15, -0.1) is 10.2 Å². The van der Waals surface area contributed by atoms with Crippen molar-refractivity contribution in [2.45, 2.75) is 13.8 Å². The van der Waals surface area contributed by atoms with E-state index < -0.39 is 0 Å². The Morgan fingerprint density at radius 2 is 1.88 bits per heavy atom. The van der Waals surface area contributed by atoms with E-state index >= 15 is 0 Å². The lowest BCUT2D eigenvalue weighted by molar-refractivity contribution is 1.18. The monoisotopic (exact) mass is 404 g/mol. The Labute approximate surface area is 164 Å². The van der Waals surface area contributed by atoms with Crippen molar-refractivity contribution in [1.82, 2.24) is 9.97 Å². The molecule has 1 aromatic carbocycles. The van der Waals surface area contributed by atoms with Crippen LogP contribution in [0.15, 0.2) is 58.1 Å². The lowest BCUT2D eigenvalue weighted by atomic mass is 10.2. The first-order valence-electron chi connectivity index (χ1n) is 7.58. The molecule has 0 amide bonds. The Bertz CT molecular complexity index is 969. The summed E-state index contributed by atoms with van der Waals surface area (Å²) in [5.41, 5.74) is 6.06. The van der Waals surface area contributed by atoms with Gasteiger partial charge in [-0.05, 0) is 44.2 Å². The fraction of sp³-hybridized carbons (Fsp3) is 0.118. The lowest BCUT2D eigenvalue weighted by Gasteiger charge is -1.99. The fourth-order valence-corrected chi connectivity index (χ4v) is 3.16. The maximum absolute atomic E-state index is 6.10. The van der Waals surface area contributed by atoms with Crippen molar-refractivity contribution in [3.8, 4) is 0 Å². The van der Waals surface area contributed by atoms with Crippen LogP contribution in [0.5, 0.6) is 0 Å². The van der Waals surface area contributed by atoms with Gasteiger partial charge in [-0.2, -0.15) is 5.10 Å². The average molecular weight is 405 g/mol. The summed E-state index contributed by atoms with van der Waals surface area (Å²) in [5.74, 6) is 0. The molecule has 9 heteroatoms. The number of nitrogens with zero attached hydrogens (tertiary/aromatic N) is 5. The number of aromatic nitrogens is 2. The number of halogens is 2. The zero-order chi connectivity index (χ0) is 18.5. The molecule has 26 heavy (non-hydrogen) atoms.